The van der Waals surface area contributed by atoms with Crippen molar-refractivity contribution < 1.29 is 19.0 Å². The molecule has 0 aromatic heterocycles. The molecule has 2 N–H and O–H groups in total. The van der Waals surface area contributed by atoms with Crippen molar-refractivity contribution in [3.05, 3.63) is 28.5 Å². The minimum atomic E-state index is -1.01. The first-order chi connectivity index (χ1) is 9.52. The van der Waals surface area contributed by atoms with Crippen LogP contribution in [0.2, 0.25) is 5.02 Å². The lowest BCUT2D eigenvalue weighted by Crippen LogP contribution is -2.54. The van der Waals surface area contributed by atoms with Crippen LogP contribution in [0.5, 0.6) is 5.75 Å². The van der Waals surface area contributed by atoms with Gasteiger partial charge in [0.05, 0.1) is 17.5 Å². The fraction of sp³-hybridized carbons (Fsp3) is 0.533. The molecule has 0 radical (unpaired) electrons. The predicted molar refractivity (Wildman–Crippen MR) is 80.3 cm³/mol. The first kappa shape index (κ1) is 17.7. The van der Waals surface area contributed by atoms with Crippen LogP contribution in [0.4, 0.5) is 4.39 Å². The van der Waals surface area contributed by atoms with Crippen LogP contribution >= 0.6 is 11.6 Å². The molecule has 0 heterocycles. The van der Waals surface area contributed by atoms with Crippen LogP contribution in [0.1, 0.15) is 33.3 Å². The summed E-state index contributed by atoms with van der Waals surface area (Å²) in [6.07, 6.45) is 0. The molecule has 0 aliphatic rings. The zero-order valence-corrected chi connectivity index (χ0v) is 13.6. The molecule has 21 heavy (non-hydrogen) atoms. The number of benzene rings is 1. The number of carboxylic acid groups (broad SMARTS) is 1. The zero-order valence-electron chi connectivity index (χ0n) is 12.9. The van der Waals surface area contributed by atoms with Crippen molar-refractivity contribution in [3.8, 4) is 5.75 Å². The van der Waals surface area contributed by atoms with Gasteiger partial charge in [-0.3, -0.25) is 4.79 Å². The highest BCUT2D eigenvalue weighted by Gasteiger charge is 2.43. The molecule has 6 heteroatoms. The highest BCUT2D eigenvalue weighted by atomic mass is 35.5. The third-order valence-electron chi connectivity index (χ3n) is 4.14. The Hall–Kier alpha value is -1.33. The summed E-state index contributed by atoms with van der Waals surface area (Å²) in [6, 6.07) is 2.70. The number of aliphatic carboxylic acids is 1. The number of carboxylic acids is 1. The van der Waals surface area contributed by atoms with Crippen LogP contribution in [0.3, 0.4) is 0 Å². The van der Waals surface area contributed by atoms with Gasteiger partial charge in [0.1, 0.15) is 11.6 Å². The summed E-state index contributed by atoms with van der Waals surface area (Å²) in [5, 5.41) is 12.6. The molecule has 0 unspecified atom stereocenters. The van der Waals surface area contributed by atoms with E-state index in [0.717, 1.165) is 0 Å². The van der Waals surface area contributed by atoms with E-state index in [0.29, 0.717) is 11.3 Å². The Labute approximate surface area is 129 Å². The predicted octanol–water partition coefficient (Wildman–Crippen LogP) is 3.47. The number of rotatable bonds is 6. The molecule has 118 valence electrons. The van der Waals surface area contributed by atoms with Crippen LogP contribution in [-0.2, 0) is 11.3 Å². The standard InChI is InChI=1S/C15H21ClFNO3/c1-14(2,13(19)20)15(3,4)18-8-9-6-12(21-5)10(16)7-11(9)17/h6-7,18H,8H2,1-5H3,(H,19,20). The topological polar surface area (TPSA) is 58.6 Å². The number of methoxy groups -OCH3 is 1. The lowest BCUT2D eigenvalue weighted by molar-refractivity contribution is -0.151. The summed E-state index contributed by atoms with van der Waals surface area (Å²) in [6.45, 7) is 6.96. The van der Waals surface area contributed by atoms with Crippen LogP contribution in [-0.4, -0.2) is 23.7 Å². The third-order valence-corrected chi connectivity index (χ3v) is 4.43. The normalized spacial score (nSPS) is 12.3. The van der Waals surface area contributed by atoms with E-state index in [1.54, 1.807) is 27.7 Å². The van der Waals surface area contributed by atoms with Gasteiger partial charge in [-0.25, -0.2) is 4.39 Å². The van der Waals surface area contributed by atoms with Crippen LogP contribution in [0.15, 0.2) is 12.1 Å². The minimum Gasteiger partial charge on any atom is -0.495 e. The molecule has 0 aliphatic heterocycles. The third kappa shape index (κ3) is 3.66. The molecule has 4 nitrogen and oxygen atoms in total. The summed E-state index contributed by atoms with van der Waals surface area (Å²) in [7, 11) is 1.45. The molecular weight excluding hydrogens is 297 g/mol. The Morgan fingerprint density at radius 3 is 2.43 bits per heavy atom. The van der Waals surface area contributed by atoms with Crippen LogP contribution < -0.4 is 10.1 Å². The van der Waals surface area contributed by atoms with Crippen molar-refractivity contribution in [2.24, 2.45) is 5.41 Å². The van der Waals surface area contributed by atoms with Crippen LogP contribution in [0, 0.1) is 11.2 Å². The molecule has 0 fully saturated rings. The second-order valence-electron chi connectivity index (χ2n) is 5.99. The van der Waals surface area contributed by atoms with Crippen molar-refractivity contribution in [1.82, 2.24) is 5.32 Å². The van der Waals surface area contributed by atoms with E-state index in [2.05, 4.69) is 5.32 Å². The molecule has 0 aliphatic carbocycles. The Bertz CT molecular complexity index is 544. The summed E-state index contributed by atoms with van der Waals surface area (Å²) >= 11 is 5.84. The van der Waals surface area contributed by atoms with Gasteiger partial charge in [-0.05, 0) is 39.8 Å². The van der Waals surface area contributed by atoms with E-state index in [9.17, 15) is 14.3 Å². The number of halogens is 2. The first-order valence-electron chi connectivity index (χ1n) is 6.53. The van der Waals surface area contributed by atoms with Gasteiger partial charge in [0.2, 0.25) is 0 Å². The van der Waals surface area contributed by atoms with Gasteiger partial charge in [0.25, 0.3) is 0 Å². The van der Waals surface area contributed by atoms with Gasteiger partial charge in [-0.1, -0.05) is 11.6 Å². The van der Waals surface area contributed by atoms with Crippen molar-refractivity contribution in [2.45, 2.75) is 39.8 Å². The second-order valence-corrected chi connectivity index (χ2v) is 6.39. The average Bonchev–Trinajstić information content (AvgIpc) is 2.37. The Morgan fingerprint density at radius 2 is 1.95 bits per heavy atom. The molecule has 0 atom stereocenters. The Morgan fingerprint density at radius 1 is 1.38 bits per heavy atom. The average molecular weight is 318 g/mol. The van der Waals surface area contributed by atoms with Gasteiger partial charge in [0, 0.05) is 17.6 Å². The zero-order chi connectivity index (χ0) is 16.4. The monoisotopic (exact) mass is 317 g/mol. The number of ether oxygens (including phenoxy) is 1. The molecular formula is C15H21ClFNO3. The highest BCUT2D eigenvalue weighted by Crippen LogP contribution is 2.32. The number of hydrogen-bond acceptors (Lipinski definition) is 3. The largest absolute Gasteiger partial charge is 0.495 e. The van der Waals surface area contributed by atoms with Gasteiger partial charge < -0.3 is 15.2 Å². The summed E-state index contributed by atoms with van der Waals surface area (Å²) < 4.78 is 19.0. The van der Waals surface area contributed by atoms with E-state index in [1.165, 1.54) is 19.2 Å². The van der Waals surface area contributed by atoms with E-state index in [1.807, 2.05) is 0 Å². The highest BCUT2D eigenvalue weighted by molar-refractivity contribution is 6.32. The van der Waals surface area contributed by atoms with Gasteiger partial charge in [-0.2, -0.15) is 0 Å². The number of hydrogen-bond donors (Lipinski definition) is 2. The fourth-order valence-electron chi connectivity index (χ4n) is 1.67. The lowest BCUT2D eigenvalue weighted by Gasteiger charge is -2.39. The van der Waals surface area contributed by atoms with Gasteiger partial charge in [-0.15, -0.1) is 0 Å². The molecule has 1 aromatic rings. The molecule has 0 spiro atoms. The molecule has 0 saturated heterocycles. The smallest absolute Gasteiger partial charge is 0.310 e. The number of nitrogens with one attached hydrogen (secondary N) is 1. The fourth-order valence-corrected chi connectivity index (χ4v) is 1.90. The van der Waals surface area contributed by atoms with E-state index in [-0.39, 0.29) is 11.6 Å². The molecule has 0 saturated carbocycles. The molecule has 1 aromatic carbocycles. The first-order valence-corrected chi connectivity index (χ1v) is 6.91. The summed E-state index contributed by atoms with van der Waals surface area (Å²) in [5.41, 5.74) is -1.39. The van der Waals surface area contributed by atoms with E-state index in [4.69, 9.17) is 16.3 Å². The second kappa shape index (κ2) is 6.20. The van der Waals surface area contributed by atoms with Crippen molar-refractivity contribution in [1.29, 1.82) is 0 Å². The lowest BCUT2D eigenvalue weighted by atomic mass is 9.74. The molecule has 0 bridgehead atoms. The van der Waals surface area contributed by atoms with E-state index < -0.39 is 22.7 Å². The van der Waals surface area contributed by atoms with Gasteiger partial charge in [0.15, 0.2) is 0 Å². The molecule has 0 amide bonds. The minimum absolute atomic E-state index is 0.170. The van der Waals surface area contributed by atoms with E-state index >= 15 is 0 Å². The van der Waals surface area contributed by atoms with Crippen molar-refractivity contribution in [2.75, 3.05) is 7.11 Å². The summed E-state index contributed by atoms with van der Waals surface area (Å²) in [5.74, 6) is -1.00. The van der Waals surface area contributed by atoms with Crippen molar-refractivity contribution in [3.63, 3.8) is 0 Å². The Balaban J connectivity index is 2.96. The maximum atomic E-state index is 13.9. The van der Waals surface area contributed by atoms with Crippen molar-refractivity contribution >= 4 is 17.6 Å². The van der Waals surface area contributed by atoms with Gasteiger partial charge >= 0.3 is 5.97 Å². The quantitative estimate of drug-likeness (QED) is 0.843. The SMILES string of the molecule is COc1cc(CNC(C)(C)C(C)(C)C(=O)O)c(F)cc1Cl. The maximum Gasteiger partial charge on any atom is 0.310 e. The summed E-state index contributed by atoms with van der Waals surface area (Å²) in [4.78, 5) is 11.3. The maximum absolute atomic E-state index is 13.9. The Kier molecular flexibility index (Phi) is 5.23. The molecule has 1 rings (SSSR count). The van der Waals surface area contributed by atoms with Crippen LogP contribution in [0.25, 0.3) is 0 Å². The number of carbonyl (C=O) groups is 1.